The normalized spacial score (nSPS) is 16.9. The van der Waals surface area contributed by atoms with Crippen molar-refractivity contribution >= 4 is 34.9 Å². The van der Waals surface area contributed by atoms with Crippen LogP contribution in [0.3, 0.4) is 0 Å². The molecule has 0 saturated carbocycles. The van der Waals surface area contributed by atoms with Crippen LogP contribution in [0.25, 0.3) is 22.2 Å². The Morgan fingerprint density at radius 2 is 1.86 bits per heavy atom. The number of aromatic nitrogens is 2. The molecule has 6 rings (SSSR count). The molecule has 2 aliphatic rings. The number of piperidine rings is 1. The maximum atomic E-state index is 14.0. The third kappa shape index (κ3) is 5.35. The lowest BCUT2D eigenvalue weighted by Gasteiger charge is -2.38. The van der Waals surface area contributed by atoms with Crippen molar-refractivity contribution in [2.45, 2.75) is 25.4 Å². The number of Topliss-reactive ketones (excluding diaryl/α,β-unsaturated/α-hetero) is 1. The van der Waals surface area contributed by atoms with Gasteiger partial charge in [-0.3, -0.25) is 10.1 Å². The van der Waals surface area contributed by atoms with Gasteiger partial charge in [0.15, 0.2) is 11.6 Å². The van der Waals surface area contributed by atoms with E-state index in [0.717, 1.165) is 28.8 Å². The molecule has 0 bridgehead atoms. The van der Waals surface area contributed by atoms with Crippen molar-refractivity contribution in [3.05, 3.63) is 77.4 Å². The van der Waals surface area contributed by atoms with E-state index in [2.05, 4.69) is 20.0 Å². The summed E-state index contributed by atoms with van der Waals surface area (Å²) in [5.41, 5.74) is 4.32. The number of halogens is 2. The first-order valence-corrected chi connectivity index (χ1v) is 13.4. The summed E-state index contributed by atoms with van der Waals surface area (Å²) in [6.07, 6.45) is -0.398. The molecule has 10 nitrogen and oxygen atoms in total. The monoisotopic (exact) mass is 575 g/mol. The average Bonchev–Trinajstić information content (AvgIpc) is 3.26. The molecule has 3 aromatic carbocycles. The lowest BCUT2D eigenvalue weighted by atomic mass is 9.94. The zero-order chi connectivity index (χ0) is 29.4. The molecule has 3 amide bonds. The quantitative estimate of drug-likeness (QED) is 0.338. The minimum absolute atomic E-state index is 0.0365. The van der Waals surface area contributed by atoms with Crippen LogP contribution in [0, 0.1) is 11.6 Å². The molecule has 216 valence electrons. The van der Waals surface area contributed by atoms with Crippen molar-refractivity contribution < 1.29 is 32.6 Å². The number of carbonyl (C=O) groups excluding carboxylic acids is 3. The van der Waals surface area contributed by atoms with Gasteiger partial charge in [0.25, 0.3) is 0 Å². The molecule has 1 unspecified atom stereocenters. The number of urea groups is 1. The van der Waals surface area contributed by atoms with Gasteiger partial charge in [-0.25, -0.2) is 23.4 Å². The zero-order valence-electron chi connectivity index (χ0n) is 22.7. The Kier molecular flexibility index (Phi) is 7.19. The zero-order valence-corrected chi connectivity index (χ0v) is 22.7. The number of H-pyrrole nitrogens is 1. The number of methoxy groups -OCH3 is 1. The number of ether oxygens (including phenoxy) is 2. The molecule has 0 aliphatic carbocycles. The van der Waals surface area contributed by atoms with Gasteiger partial charge in [-0.05, 0) is 53.1 Å². The fourth-order valence-electron chi connectivity index (χ4n) is 5.39. The fourth-order valence-corrected chi connectivity index (χ4v) is 5.39. The van der Waals surface area contributed by atoms with Gasteiger partial charge in [0.2, 0.25) is 5.95 Å². The van der Waals surface area contributed by atoms with Gasteiger partial charge >= 0.3 is 12.1 Å². The number of ketones is 1. The molecule has 2 N–H and O–H groups in total. The standard InChI is InChI=1S/C30H27F2N5O5/c1-41-29(39)35-28-33-24-6-3-18(14-25(24)34-28)17-4-7-27-20(12-17)16-36(10-11-42-27)30(40)37-9-8-21(38)15-26(37)19-2-5-22(31)23(32)13-19/h2-7,12-14,26H,8-11,15-16H2,1H3,(H2,33,34,35,39). The van der Waals surface area contributed by atoms with E-state index in [4.69, 9.17) is 4.74 Å². The van der Waals surface area contributed by atoms with Gasteiger partial charge < -0.3 is 24.3 Å². The van der Waals surface area contributed by atoms with Crippen molar-refractivity contribution in [3.8, 4) is 16.9 Å². The number of nitrogens with zero attached hydrogens (tertiary/aromatic N) is 3. The van der Waals surface area contributed by atoms with Crippen molar-refractivity contribution in [3.63, 3.8) is 0 Å². The van der Waals surface area contributed by atoms with Crippen LogP contribution in [0.5, 0.6) is 5.75 Å². The van der Waals surface area contributed by atoms with Crippen molar-refractivity contribution in [1.29, 1.82) is 0 Å². The molecule has 1 saturated heterocycles. The molecular formula is C30H27F2N5O5. The first kappa shape index (κ1) is 27.2. The van der Waals surface area contributed by atoms with Crippen LogP contribution in [-0.4, -0.2) is 64.5 Å². The van der Waals surface area contributed by atoms with Gasteiger partial charge in [-0.2, -0.15) is 0 Å². The summed E-state index contributed by atoms with van der Waals surface area (Å²) in [6, 6.07) is 13.9. The molecule has 0 radical (unpaired) electrons. The highest BCUT2D eigenvalue weighted by Crippen LogP contribution is 2.34. The molecule has 1 atom stereocenters. The van der Waals surface area contributed by atoms with Crippen molar-refractivity contribution in [2.24, 2.45) is 0 Å². The molecule has 1 aromatic heterocycles. The Morgan fingerprint density at radius 1 is 1.05 bits per heavy atom. The van der Waals surface area contributed by atoms with Gasteiger partial charge in [0.1, 0.15) is 18.1 Å². The van der Waals surface area contributed by atoms with E-state index in [1.54, 1.807) is 9.80 Å². The van der Waals surface area contributed by atoms with E-state index >= 15 is 0 Å². The number of benzene rings is 3. The van der Waals surface area contributed by atoms with Crippen LogP contribution in [-0.2, 0) is 16.1 Å². The summed E-state index contributed by atoms with van der Waals surface area (Å²) < 4.78 is 38.2. The van der Waals surface area contributed by atoms with Crippen LogP contribution >= 0.6 is 0 Å². The predicted molar refractivity (Wildman–Crippen MR) is 149 cm³/mol. The van der Waals surface area contributed by atoms with Crippen LogP contribution in [0.4, 0.5) is 24.3 Å². The molecule has 3 heterocycles. The van der Waals surface area contributed by atoms with Crippen molar-refractivity contribution in [2.75, 3.05) is 32.1 Å². The smallest absolute Gasteiger partial charge is 0.413 e. The fraction of sp³-hybridized carbons (Fsp3) is 0.267. The molecule has 2 aliphatic heterocycles. The Labute approximate surface area is 239 Å². The van der Waals surface area contributed by atoms with E-state index in [1.165, 1.54) is 13.2 Å². The van der Waals surface area contributed by atoms with E-state index in [-0.39, 0.29) is 50.3 Å². The molecule has 0 spiro atoms. The highest BCUT2D eigenvalue weighted by Gasteiger charge is 2.35. The van der Waals surface area contributed by atoms with Gasteiger partial charge in [0, 0.05) is 24.9 Å². The lowest BCUT2D eigenvalue weighted by molar-refractivity contribution is -0.122. The van der Waals surface area contributed by atoms with Crippen LogP contribution in [0.15, 0.2) is 54.6 Å². The number of hydrogen-bond acceptors (Lipinski definition) is 6. The molecule has 1 fully saturated rings. The summed E-state index contributed by atoms with van der Waals surface area (Å²) >= 11 is 0. The minimum atomic E-state index is -1.02. The number of rotatable bonds is 3. The minimum Gasteiger partial charge on any atom is -0.491 e. The van der Waals surface area contributed by atoms with E-state index in [0.29, 0.717) is 28.9 Å². The average molecular weight is 576 g/mol. The van der Waals surface area contributed by atoms with Crippen molar-refractivity contribution in [1.82, 2.24) is 19.8 Å². The second-order valence-electron chi connectivity index (χ2n) is 10.2. The summed E-state index contributed by atoms with van der Waals surface area (Å²) in [5.74, 6) is -1.12. The predicted octanol–water partition coefficient (Wildman–Crippen LogP) is 5.41. The SMILES string of the molecule is COC(=O)Nc1nc2ccc(-c3ccc4c(c3)CN(C(=O)N3CCC(=O)CC3c3ccc(F)c(F)c3)CCO4)cc2[nH]1. The second-order valence-corrected chi connectivity index (χ2v) is 10.2. The number of aromatic amines is 1. The molecule has 42 heavy (non-hydrogen) atoms. The van der Waals surface area contributed by atoms with Gasteiger partial charge in [-0.1, -0.05) is 18.2 Å². The first-order chi connectivity index (χ1) is 20.3. The number of anilines is 1. The van der Waals surface area contributed by atoms with Crippen LogP contribution < -0.4 is 10.1 Å². The van der Waals surface area contributed by atoms with E-state index < -0.39 is 23.8 Å². The number of likely N-dealkylation sites (tertiary alicyclic amines) is 1. The van der Waals surface area contributed by atoms with E-state index in [1.807, 2.05) is 36.4 Å². The Hall–Kier alpha value is -5.00. The lowest BCUT2D eigenvalue weighted by Crippen LogP contribution is -2.48. The Morgan fingerprint density at radius 3 is 2.67 bits per heavy atom. The maximum Gasteiger partial charge on any atom is 0.413 e. The first-order valence-electron chi connectivity index (χ1n) is 13.4. The maximum absolute atomic E-state index is 14.0. The third-order valence-electron chi connectivity index (χ3n) is 7.53. The summed E-state index contributed by atoms with van der Waals surface area (Å²) in [5, 5.41) is 2.51. The number of hydrogen-bond donors (Lipinski definition) is 2. The number of imidazole rings is 1. The van der Waals surface area contributed by atoms with Gasteiger partial charge in [-0.15, -0.1) is 0 Å². The van der Waals surface area contributed by atoms with E-state index in [9.17, 15) is 23.2 Å². The Bertz CT molecular complexity index is 1710. The molecule has 4 aromatic rings. The largest absolute Gasteiger partial charge is 0.491 e. The molecule has 12 heteroatoms. The number of fused-ring (bicyclic) bond motifs is 2. The third-order valence-corrected chi connectivity index (χ3v) is 7.53. The highest BCUT2D eigenvalue weighted by atomic mass is 19.2. The summed E-state index contributed by atoms with van der Waals surface area (Å²) in [4.78, 5) is 48.3. The Balaban J connectivity index is 1.25. The number of carbonyl (C=O) groups is 3. The van der Waals surface area contributed by atoms with Crippen LogP contribution in [0.1, 0.15) is 30.0 Å². The van der Waals surface area contributed by atoms with Crippen LogP contribution in [0.2, 0.25) is 0 Å². The second kappa shape index (κ2) is 11.1. The number of nitrogens with one attached hydrogen (secondary N) is 2. The van der Waals surface area contributed by atoms with Gasteiger partial charge in [0.05, 0.1) is 37.3 Å². The topological polar surface area (TPSA) is 117 Å². The molecular weight excluding hydrogens is 548 g/mol. The highest BCUT2D eigenvalue weighted by molar-refractivity contribution is 5.88. The summed E-state index contributed by atoms with van der Waals surface area (Å²) in [7, 11) is 1.27. The number of amides is 3. The summed E-state index contributed by atoms with van der Waals surface area (Å²) in [6.45, 7) is 1.03.